The van der Waals surface area contributed by atoms with Crippen molar-refractivity contribution in [2.75, 3.05) is 20.2 Å². The lowest BCUT2D eigenvalue weighted by molar-refractivity contribution is -0.0587. The van der Waals surface area contributed by atoms with Crippen LogP contribution in [-0.2, 0) is 4.74 Å². The minimum absolute atomic E-state index is 0.0205. The van der Waals surface area contributed by atoms with Crippen molar-refractivity contribution >= 4 is 16.8 Å². The summed E-state index contributed by atoms with van der Waals surface area (Å²) in [5.74, 6) is 0.795. The predicted molar refractivity (Wildman–Crippen MR) is 80.8 cm³/mol. The monoisotopic (exact) mass is 288 g/mol. The quantitative estimate of drug-likeness (QED) is 0.923. The van der Waals surface area contributed by atoms with E-state index in [4.69, 9.17) is 9.47 Å². The van der Waals surface area contributed by atoms with Gasteiger partial charge in [-0.3, -0.25) is 4.79 Å². The summed E-state index contributed by atoms with van der Waals surface area (Å²) in [5, 5.41) is 1.01. The number of methoxy groups -OCH3 is 1. The number of H-pyrrole nitrogens is 1. The molecule has 0 spiro atoms. The van der Waals surface area contributed by atoms with Crippen LogP contribution < -0.4 is 4.74 Å². The van der Waals surface area contributed by atoms with E-state index in [0.29, 0.717) is 18.8 Å². The minimum atomic E-state index is 0.0205. The van der Waals surface area contributed by atoms with Crippen molar-refractivity contribution in [3.8, 4) is 5.75 Å². The van der Waals surface area contributed by atoms with Crippen molar-refractivity contribution in [2.24, 2.45) is 0 Å². The molecule has 1 aromatic heterocycles. The van der Waals surface area contributed by atoms with Gasteiger partial charge in [0.2, 0.25) is 0 Å². The number of carbonyl (C=O) groups is 1. The Morgan fingerprint density at radius 2 is 2.00 bits per heavy atom. The van der Waals surface area contributed by atoms with Crippen LogP contribution in [0.2, 0.25) is 0 Å². The molecule has 5 nitrogen and oxygen atoms in total. The van der Waals surface area contributed by atoms with Crippen molar-refractivity contribution in [2.45, 2.75) is 26.1 Å². The van der Waals surface area contributed by atoms with Crippen LogP contribution in [-0.4, -0.2) is 48.2 Å². The summed E-state index contributed by atoms with van der Waals surface area (Å²) in [7, 11) is 1.63. The molecule has 2 aromatic rings. The van der Waals surface area contributed by atoms with Gasteiger partial charge < -0.3 is 19.4 Å². The molecule has 112 valence electrons. The Bertz CT molecular complexity index is 655. The number of hydrogen-bond acceptors (Lipinski definition) is 3. The number of ether oxygens (including phenoxy) is 2. The normalized spacial score (nSPS) is 22.5. The number of morpholine rings is 1. The summed E-state index contributed by atoms with van der Waals surface area (Å²) in [6, 6.07) is 7.63. The van der Waals surface area contributed by atoms with E-state index in [-0.39, 0.29) is 18.1 Å². The highest BCUT2D eigenvalue weighted by Crippen LogP contribution is 2.22. The van der Waals surface area contributed by atoms with Gasteiger partial charge in [-0.25, -0.2) is 0 Å². The van der Waals surface area contributed by atoms with Crippen LogP contribution in [0.25, 0.3) is 10.9 Å². The number of nitrogens with one attached hydrogen (secondary N) is 1. The van der Waals surface area contributed by atoms with Gasteiger partial charge >= 0.3 is 0 Å². The topological polar surface area (TPSA) is 54.6 Å². The van der Waals surface area contributed by atoms with Crippen LogP contribution in [0, 0.1) is 0 Å². The lowest BCUT2D eigenvalue weighted by Crippen LogP contribution is -2.48. The smallest absolute Gasteiger partial charge is 0.270 e. The van der Waals surface area contributed by atoms with Gasteiger partial charge in [0.1, 0.15) is 11.4 Å². The lowest BCUT2D eigenvalue weighted by Gasteiger charge is -2.35. The van der Waals surface area contributed by atoms with Gasteiger partial charge in [0.05, 0.1) is 19.3 Å². The molecule has 2 heterocycles. The fourth-order valence-corrected chi connectivity index (χ4v) is 2.86. The SMILES string of the molecule is COc1ccc2cc(C(=O)N3C[C@@H](C)O[C@H](C)C3)[nH]c2c1. The Hall–Kier alpha value is -2.01. The van der Waals surface area contributed by atoms with Crippen LogP contribution in [0.5, 0.6) is 5.75 Å². The number of hydrogen-bond donors (Lipinski definition) is 1. The molecular weight excluding hydrogens is 268 g/mol. The highest BCUT2D eigenvalue weighted by Gasteiger charge is 2.27. The number of aromatic amines is 1. The molecule has 1 aromatic carbocycles. The molecule has 3 rings (SSSR count). The van der Waals surface area contributed by atoms with Crippen LogP contribution in [0.4, 0.5) is 0 Å². The first-order chi connectivity index (χ1) is 10.1. The molecular formula is C16H20N2O3. The van der Waals surface area contributed by atoms with Gasteiger partial charge in [-0.05, 0) is 32.0 Å². The zero-order valence-corrected chi connectivity index (χ0v) is 12.6. The van der Waals surface area contributed by atoms with E-state index in [2.05, 4.69) is 4.98 Å². The molecule has 2 atom stereocenters. The van der Waals surface area contributed by atoms with Crippen molar-refractivity contribution < 1.29 is 14.3 Å². The van der Waals surface area contributed by atoms with E-state index in [1.54, 1.807) is 7.11 Å². The number of rotatable bonds is 2. The zero-order chi connectivity index (χ0) is 15.0. The van der Waals surface area contributed by atoms with E-state index >= 15 is 0 Å². The molecule has 1 aliphatic heterocycles. The second-order valence-corrected chi connectivity index (χ2v) is 5.60. The fourth-order valence-electron chi connectivity index (χ4n) is 2.86. The molecule has 0 bridgehead atoms. The van der Waals surface area contributed by atoms with Gasteiger partial charge in [0.25, 0.3) is 5.91 Å². The van der Waals surface area contributed by atoms with Crippen LogP contribution in [0.3, 0.4) is 0 Å². The molecule has 0 aliphatic carbocycles. The van der Waals surface area contributed by atoms with E-state index in [0.717, 1.165) is 16.7 Å². The van der Waals surface area contributed by atoms with Crippen molar-refractivity contribution in [1.29, 1.82) is 0 Å². The Labute approximate surface area is 123 Å². The molecule has 0 radical (unpaired) electrons. The van der Waals surface area contributed by atoms with E-state index in [1.807, 2.05) is 43.0 Å². The first-order valence-corrected chi connectivity index (χ1v) is 7.18. The van der Waals surface area contributed by atoms with Crippen molar-refractivity contribution in [3.05, 3.63) is 30.0 Å². The summed E-state index contributed by atoms with van der Waals surface area (Å²) in [5.41, 5.74) is 1.52. The van der Waals surface area contributed by atoms with Gasteiger partial charge in [0.15, 0.2) is 0 Å². The summed E-state index contributed by atoms with van der Waals surface area (Å²) in [6.45, 7) is 5.24. The van der Waals surface area contributed by atoms with Gasteiger partial charge in [-0.1, -0.05) is 0 Å². The maximum Gasteiger partial charge on any atom is 0.270 e. The molecule has 0 unspecified atom stereocenters. The highest BCUT2D eigenvalue weighted by molar-refractivity contribution is 5.98. The van der Waals surface area contributed by atoms with Crippen LogP contribution in [0.15, 0.2) is 24.3 Å². The predicted octanol–water partition coefficient (Wildman–Crippen LogP) is 2.43. The highest BCUT2D eigenvalue weighted by atomic mass is 16.5. The molecule has 0 saturated carbocycles. The number of carbonyl (C=O) groups excluding carboxylic acids is 1. The third-order valence-electron chi connectivity index (χ3n) is 3.77. The van der Waals surface area contributed by atoms with E-state index in [1.165, 1.54) is 0 Å². The first kappa shape index (κ1) is 13.9. The number of amides is 1. The van der Waals surface area contributed by atoms with Gasteiger partial charge in [-0.2, -0.15) is 0 Å². The molecule has 21 heavy (non-hydrogen) atoms. The molecule has 1 amide bonds. The maximum absolute atomic E-state index is 12.6. The fraction of sp³-hybridized carbons (Fsp3) is 0.438. The zero-order valence-electron chi connectivity index (χ0n) is 12.6. The third kappa shape index (κ3) is 2.74. The first-order valence-electron chi connectivity index (χ1n) is 7.18. The second kappa shape index (κ2) is 5.41. The Kier molecular flexibility index (Phi) is 3.59. The Morgan fingerprint density at radius 3 is 2.67 bits per heavy atom. The maximum atomic E-state index is 12.6. The summed E-state index contributed by atoms with van der Waals surface area (Å²) in [6.07, 6.45) is 0.143. The number of fused-ring (bicyclic) bond motifs is 1. The number of nitrogens with zero attached hydrogens (tertiary/aromatic N) is 1. The van der Waals surface area contributed by atoms with Gasteiger partial charge in [0, 0.05) is 30.1 Å². The molecule has 1 fully saturated rings. The number of aromatic nitrogens is 1. The molecule has 1 N–H and O–H groups in total. The minimum Gasteiger partial charge on any atom is -0.497 e. The molecule has 1 aliphatic rings. The average molecular weight is 288 g/mol. The lowest BCUT2D eigenvalue weighted by atomic mass is 10.2. The van der Waals surface area contributed by atoms with E-state index < -0.39 is 0 Å². The summed E-state index contributed by atoms with van der Waals surface area (Å²) in [4.78, 5) is 17.7. The Balaban J connectivity index is 1.87. The molecule has 1 saturated heterocycles. The van der Waals surface area contributed by atoms with Crippen LogP contribution in [0.1, 0.15) is 24.3 Å². The third-order valence-corrected chi connectivity index (χ3v) is 3.77. The molecule has 5 heteroatoms. The van der Waals surface area contributed by atoms with Crippen molar-refractivity contribution in [1.82, 2.24) is 9.88 Å². The Morgan fingerprint density at radius 1 is 1.29 bits per heavy atom. The largest absolute Gasteiger partial charge is 0.497 e. The van der Waals surface area contributed by atoms with Gasteiger partial charge in [-0.15, -0.1) is 0 Å². The number of benzene rings is 1. The van der Waals surface area contributed by atoms with E-state index in [9.17, 15) is 4.79 Å². The van der Waals surface area contributed by atoms with Crippen LogP contribution >= 0.6 is 0 Å². The standard InChI is InChI=1S/C16H20N2O3/c1-10-8-18(9-11(2)21-10)16(19)15-6-12-4-5-13(20-3)7-14(12)17-15/h4-7,10-11,17H,8-9H2,1-3H3/t10-,11-/m1/s1. The average Bonchev–Trinajstić information content (AvgIpc) is 2.88. The second-order valence-electron chi connectivity index (χ2n) is 5.60. The summed E-state index contributed by atoms with van der Waals surface area (Å²) < 4.78 is 10.9. The summed E-state index contributed by atoms with van der Waals surface area (Å²) >= 11 is 0. The van der Waals surface area contributed by atoms with Crippen molar-refractivity contribution in [3.63, 3.8) is 0 Å².